The summed E-state index contributed by atoms with van der Waals surface area (Å²) in [5.41, 5.74) is 0.858. The monoisotopic (exact) mass is 472 g/mol. The van der Waals surface area contributed by atoms with E-state index in [2.05, 4.69) is 47.6 Å². The first kappa shape index (κ1) is 24.8. The minimum absolute atomic E-state index is 0.0204. The zero-order chi connectivity index (χ0) is 24.9. The highest BCUT2D eigenvalue weighted by atomic mass is 16.4. The molecule has 4 saturated carbocycles. The Bertz CT molecular complexity index is 907. The van der Waals surface area contributed by atoms with Gasteiger partial charge in [0.05, 0.1) is 18.1 Å². The minimum atomic E-state index is -0.588. The second-order valence-corrected chi connectivity index (χ2v) is 14.9. The van der Waals surface area contributed by atoms with E-state index in [-0.39, 0.29) is 34.2 Å². The van der Waals surface area contributed by atoms with Crippen LogP contribution < -0.4 is 0 Å². The molecule has 0 bridgehead atoms. The predicted molar refractivity (Wildman–Crippen MR) is 134 cm³/mol. The molecule has 0 unspecified atom stereocenters. The van der Waals surface area contributed by atoms with Gasteiger partial charge in [-0.2, -0.15) is 0 Å². The average molecular weight is 473 g/mol. The number of aliphatic hydroxyl groups excluding tert-OH is 2. The fourth-order valence-corrected chi connectivity index (χ4v) is 10.7. The Balaban J connectivity index is 1.60. The molecule has 0 amide bonds. The number of rotatable bonds is 2. The quantitative estimate of drug-likeness (QED) is 0.418. The third-order valence-electron chi connectivity index (χ3n) is 13.2. The van der Waals surface area contributed by atoms with Crippen LogP contribution in [0.2, 0.25) is 0 Å². The second-order valence-electron chi connectivity index (χ2n) is 14.9. The van der Waals surface area contributed by atoms with Crippen molar-refractivity contribution in [1.29, 1.82) is 0 Å². The number of hydrogen-bond acceptors (Lipinski definition) is 3. The number of allylic oxidation sites excluding steroid dienone is 2. The van der Waals surface area contributed by atoms with Crippen LogP contribution in [0.5, 0.6) is 0 Å². The molecule has 0 aromatic heterocycles. The van der Waals surface area contributed by atoms with Gasteiger partial charge in [0.15, 0.2) is 0 Å². The van der Waals surface area contributed by atoms with Crippen LogP contribution >= 0.6 is 0 Å². The van der Waals surface area contributed by atoms with E-state index in [1.165, 1.54) is 5.57 Å². The summed E-state index contributed by atoms with van der Waals surface area (Å²) in [6, 6.07) is 0. The molecule has 0 aromatic rings. The Morgan fingerprint density at radius 1 is 0.941 bits per heavy atom. The summed E-state index contributed by atoms with van der Waals surface area (Å²) in [4.78, 5) is 12.8. The number of hydrogen-bond donors (Lipinski definition) is 3. The van der Waals surface area contributed by atoms with Crippen LogP contribution in [0.15, 0.2) is 11.6 Å². The molecule has 34 heavy (non-hydrogen) atoms. The smallest absolute Gasteiger partial charge is 0.310 e. The fourth-order valence-electron chi connectivity index (χ4n) is 10.7. The second kappa shape index (κ2) is 7.34. The van der Waals surface area contributed by atoms with E-state index in [0.717, 1.165) is 64.2 Å². The minimum Gasteiger partial charge on any atom is -0.481 e. The van der Waals surface area contributed by atoms with Gasteiger partial charge in [0.2, 0.25) is 0 Å². The summed E-state index contributed by atoms with van der Waals surface area (Å²) in [5, 5.41) is 31.8. The van der Waals surface area contributed by atoms with Crippen molar-refractivity contribution in [3.63, 3.8) is 0 Å². The summed E-state index contributed by atoms with van der Waals surface area (Å²) in [6.45, 7) is 14.3. The molecule has 4 fully saturated rings. The normalized spacial score (nSPS) is 54.1. The van der Waals surface area contributed by atoms with Gasteiger partial charge in [-0.25, -0.2) is 0 Å². The van der Waals surface area contributed by atoms with E-state index in [0.29, 0.717) is 11.8 Å². The zero-order valence-electron chi connectivity index (χ0n) is 22.4. The van der Waals surface area contributed by atoms with Crippen molar-refractivity contribution in [3.8, 4) is 0 Å². The Hall–Kier alpha value is -0.870. The molecule has 192 valence electrons. The molecule has 0 heterocycles. The van der Waals surface area contributed by atoms with Crippen molar-refractivity contribution in [2.75, 3.05) is 6.61 Å². The highest BCUT2D eigenvalue weighted by molar-refractivity contribution is 5.76. The molecular weight excluding hydrogens is 424 g/mol. The molecule has 4 heteroatoms. The van der Waals surface area contributed by atoms with Gasteiger partial charge in [0, 0.05) is 5.41 Å². The van der Waals surface area contributed by atoms with E-state index in [1.54, 1.807) is 0 Å². The van der Waals surface area contributed by atoms with Crippen LogP contribution in [-0.4, -0.2) is 34.0 Å². The van der Waals surface area contributed by atoms with Gasteiger partial charge in [0.25, 0.3) is 0 Å². The highest BCUT2D eigenvalue weighted by Gasteiger charge is 2.69. The predicted octanol–water partition coefficient (Wildman–Crippen LogP) is 6.21. The largest absolute Gasteiger partial charge is 0.481 e. The zero-order valence-corrected chi connectivity index (χ0v) is 22.4. The lowest BCUT2D eigenvalue weighted by atomic mass is 9.33. The molecule has 0 aromatic carbocycles. The maximum absolute atomic E-state index is 12.8. The molecule has 4 nitrogen and oxygen atoms in total. The molecule has 0 saturated heterocycles. The summed E-state index contributed by atoms with van der Waals surface area (Å²) in [7, 11) is 0. The standard InChI is InChI=1S/C30H48O4/c1-25(2)13-15-30(24(33)34)16-14-28(5)19(20(30)17-25)7-8-22-26(3)11-10-23(32)27(4,18-31)21(26)9-12-29(22,28)6/h7,20-23,31-32H,8-18H2,1-6H3,(H,33,34)/t20-,21+,22+,23-,26-,27-,28+,29+,30-/m0/s1. The first-order valence-electron chi connectivity index (χ1n) is 13.9. The number of aliphatic hydroxyl groups is 2. The van der Waals surface area contributed by atoms with Gasteiger partial charge in [-0.1, -0.05) is 53.2 Å². The number of carboxylic acid groups (broad SMARTS) is 1. The third-order valence-corrected chi connectivity index (χ3v) is 13.2. The lowest BCUT2D eigenvalue weighted by Crippen LogP contribution is -2.65. The maximum Gasteiger partial charge on any atom is 0.310 e. The Morgan fingerprint density at radius 2 is 1.62 bits per heavy atom. The number of carboxylic acids is 1. The average Bonchev–Trinajstić information content (AvgIpc) is 2.76. The lowest BCUT2D eigenvalue weighted by Gasteiger charge is -2.71. The van der Waals surface area contributed by atoms with Gasteiger partial charge in [-0.15, -0.1) is 0 Å². The fraction of sp³-hybridized carbons (Fsp3) is 0.900. The molecule has 0 spiro atoms. The molecule has 0 radical (unpaired) electrons. The first-order valence-corrected chi connectivity index (χ1v) is 13.9. The molecule has 9 atom stereocenters. The molecule has 3 N–H and O–H groups in total. The van der Waals surface area contributed by atoms with E-state index in [4.69, 9.17) is 0 Å². The SMILES string of the molecule is CC1(C)CC[C@]2(C(=O)O)CC[C@]3(C)C(=CC[C@@H]4[C@@]5(C)CC[C@H](O)[C@@](C)(CO)[C@@H]5CC[C@]43C)[C@@H]2C1. The van der Waals surface area contributed by atoms with E-state index in [9.17, 15) is 20.1 Å². The number of aliphatic carboxylic acids is 1. The molecule has 0 aliphatic heterocycles. The molecule has 5 aliphatic rings. The van der Waals surface area contributed by atoms with Gasteiger partial charge in [-0.05, 0) is 104 Å². The van der Waals surface area contributed by atoms with Crippen molar-refractivity contribution in [1.82, 2.24) is 0 Å². The van der Waals surface area contributed by atoms with E-state index >= 15 is 0 Å². The van der Waals surface area contributed by atoms with E-state index < -0.39 is 22.9 Å². The summed E-state index contributed by atoms with van der Waals surface area (Å²) in [6.07, 6.45) is 11.6. The van der Waals surface area contributed by atoms with Crippen LogP contribution in [0.4, 0.5) is 0 Å². The lowest BCUT2D eigenvalue weighted by molar-refractivity contribution is -0.216. The van der Waals surface area contributed by atoms with Crippen molar-refractivity contribution in [2.24, 2.45) is 50.2 Å². The highest BCUT2D eigenvalue weighted by Crippen LogP contribution is 2.75. The van der Waals surface area contributed by atoms with Gasteiger partial charge >= 0.3 is 5.97 Å². The Kier molecular flexibility index (Phi) is 5.36. The number of fused-ring (bicyclic) bond motifs is 7. The van der Waals surface area contributed by atoms with Crippen molar-refractivity contribution in [2.45, 2.75) is 112 Å². The Morgan fingerprint density at radius 3 is 2.26 bits per heavy atom. The van der Waals surface area contributed by atoms with E-state index in [1.807, 2.05) is 0 Å². The topological polar surface area (TPSA) is 77.8 Å². The maximum atomic E-state index is 12.8. The Labute approximate surface area is 206 Å². The molecule has 5 rings (SSSR count). The summed E-state index contributed by atoms with van der Waals surface area (Å²) in [5.74, 6) is 0.395. The van der Waals surface area contributed by atoms with Crippen LogP contribution in [0.25, 0.3) is 0 Å². The summed E-state index contributed by atoms with van der Waals surface area (Å²) < 4.78 is 0. The molecule has 5 aliphatic carbocycles. The van der Waals surface area contributed by atoms with Gasteiger partial charge in [-0.3, -0.25) is 4.79 Å². The van der Waals surface area contributed by atoms with Crippen LogP contribution in [0.1, 0.15) is 106 Å². The van der Waals surface area contributed by atoms with Gasteiger partial charge in [0.1, 0.15) is 0 Å². The number of carbonyl (C=O) groups is 1. The van der Waals surface area contributed by atoms with Gasteiger partial charge < -0.3 is 15.3 Å². The van der Waals surface area contributed by atoms with Crippen LogP contribution in [-0.2, 0) is 4.79 Å². The van der Waals surface area contributed by atoms with Crippen LogP contribution in [0, 0.1) is 50.2 Å². The molecular formula is C30H48O4. The van der Waals surface area contributed by atoms with Crippen molar-refractivity contribution < 1.29 is 20.1 Å². The van der Waals surface area contributed by atoms with Crippen LogP contribution in [0.3, 0.4) is 0 Å². The van der Waals surface area contributed by atoms with Crippen molar-refractivity contribution >= 4 is 5.97 Å². The summed E-state index contributed by atoms with van der Waals surface area (Å²) >= 11 is 0. The first-order chi connectivity index (χ1) is 15.7. The third kappa shape index (κ3) is 2.88. The van der Waals surface area contributed by atoms with Crippen molar-refractivity contribution in [3.05, 3.63) is 11.6 Å².